The molecule has 7 heteroatoms. The summed E-state index contributed by atoms with van der Waals surface area (Å²) >= 11 is 7.33. The van der Waals surface area contributed by atoms with Gasteiger partial charge in [0, 0.05) is 17.0 Å². The lowest BCUT2D eigenvalue weighted by atomic mass is 9.98. The summed E-state index contributed by atoms with van der Waals surface area (Å²) in [5.41, 5.74) is 2.19. The van der Waals surface area contributed by atoms with Gasteiger partial charge in [-0.2, -0.15) is 0 Å². The molecule has 5 nitrogen and oxygen atoms in total. The van der Waals surface area contributed by atoms with Crippen LogP contribution in [0.3, 0.4) is 0 Å². The number of hydrogen-bond acceptors (Lipinski definition) is 6. The van der Waals surface area contributed by atoms with Crippen molar-refractivity contribution in [2.75, 3.05) is 0 Å². The summed E-state index contributed by atoms with van der Waals surface area (Å²) in [5, 5.41) is 9.47. The number of thioether (sulfide) groups is 1. The van der Waals surface area contributed by atoms with Crippen LogP contribution in [-0.2, 0) is 12.2 Å². The monoisotopic (exact) mass is 411 g/mol. The van der Waals surface area contributed by atoms with Crippen molar-refractivity contribution in [2.24, 2.45) is 0 Å². The Balaban J connectivity index is 1.34. The quantitative estimate of drug-likeness (QED) is 0.346. The zero-order valence-electron chi connectivity index (χ0n) is 15.2. The van der Waals surface area contributed by atoms with Crippen molar-refractivity contribution in [3.05, 3.63) is 83.2 Å². The van der Waals surface area contributed by atoms with Gasteiger partial charge in [-0.1, -0.05) is 60.6 Å². The minimum atomic E-state index is 0.313. The first-order valence-electron chi connectivity index (χ1n) is 8.88. The Morgan fingerprint density at radius 2 is 1.75 bits per heavy atom. The third-order valence-corrected chi connectivity index (χ3v) is 5.35. The lowest BCUT2D eigenvalue weighted by molar-refractivity contribution is 0.404. The van der Waals surface area contributed by atoms with Crippen molar-refractivity contribution in [1.82, 2.24) is 15.2 Å². The number of hydrogen-bond donors (Lipinski definition) is 0. The maximum atomic E-state index is 5.92. The number of rotatable bonds is 7. The number of benzene rings is 2. The number of aromatic nitrogens is 3. The summed E-state index contributed by atoms with van der Waals surface area (Å²) in [7, 11) is 0. The van der Waals surface area contributed by atoms with Crippen LogP contribution in [0.2, 0.25) is 5.02 Å². The van der Waals surface area contributed by atoms with E-state index in [1.807, 2.05) is 42.5 Å². The summed E-state index contributed by atoms with van der Waals surface area (Å²) in [6.07, 6.45) is 2.41. The summed E-state index contributed by atoms with van der Waals surface area (Å²) in [6, 6.07) is 17.8. The van der Waals surface area contributed by atoms with Gasteiger partial charge in [-0.15, -0.1) is 10.2 Å². The van der Waals surface area contributed by atoms with Gasteiger partial charge in [0.05, 0.1) is 11.9 Å². The average Bonchev–Trinajstić information content (AvgIpc) is 3.37. The van der Waals surface area contributed by atoms with Gasteiger partial charge in [0.25, 0.3) is 5.22 Å². The van der Waals surface area contributed by atoms with E-state index in [-0.39, 0.29) is 0 Å². The first kappa shape index (κ1) is 18.8. The van der Waals surface area contributed by atoms with Crippen molar-refractivity contribution in [3.63, 3.8) is 0 Å². The van der Waals surface area contributed by atoms with Crippen LogP contribution in [0, 0.1) is 0 Å². The van der Waals surface area contributed by atoms with Gasteiger partial charge in [-0.25, -0.2) is 4.98 Å². The molecule has 4 aromatic rings. The first-order chi connectivity index (χ1) is 13.7. The van der Waals surface area contributed by atoms with Crippen LogP contribution in [0.25, 0.3) is 11.3 Å². The molecule has 142 valence electrons. The van der Waals surface area contributed by atoms with E-state index < -0.39 is 0 Å². The molecule has 0 bridgehead atoms. The molecule has 0 aliphatic carbocycles. The maximum absolute atomic E-state index is 5.92. The van der Waals surface area contributed by atoms with Crippen molar-refractivity contribution in [1.29, 1.82) is 0 Å². The molecule has 4 rings (SSSR count). The zero-order valence-corrected chi connectivity index (χ0v) is 16.8. The normalized spacial score (nSPS) is 12.2. The largest absolute Gasteiger partial charge is 0.440 e. The fourth-order valence-corrected chi connectivity index (χ4v) is 3.55. The van der Waals surface area contributed by atoms with Crippen LogP contribution in [0.4, 0.5) is 0 Å². The highest BCUT2D eigenvalue weighted by atomic mass is 35.5. The third-order valence-electron chi connectivity index (χ3n) is 4.30. The molecule has 0 N–H and O–H groups in total. The Labute approximate surface area is 172 Å². The molecule has 1 unspecified atom stereocenters. The van der Waals surface area contributed by atoms with Gasteiger partial charge < -0.3 is 8.83 Å². The molecule has 0 aliphatic rings. The van der Waals surface area contributed by atoms with Gasteiger partial charge in [-0.3, -0.25) is 0 Å². The van der Waals surface area contributed by atoms with E-state index in [4.69, 9.17) is 20.4 Å². The second-order valence-electron chi connectivity index (χ2n) is 6.39. The predicted molar refractivity (Wildman–Crippen MR) is 109 cm³/mol. The standard InChI is InChI=1S/C21H18ClN3O2S/c1-14(15-5-3-2-4-6-15)11-19-24-25-21(27-19)28-13-20-23-12-18(26-20)16-7-9-17(22)10-8-16/h2-10,12,14H,11,13H2,1H3. The van der Waals surface area contributed by atoms with E-state index in [9.17, 15) is 0 Å². The number of nitrogens with zero attached hydrogens (tertiary/aromatic N) is 3. The van der Waals surface area contributed by atoms with Crippen LogP contribution < -0.4 is 0 Å². The second kappa shape index (κ2) is 8.63. The minimum Gasteiger partial charge on any atom is -0.440 e. The first-order valence-corrected chi connectivity index (χ1v) is 10.2. The Morgan fingerprint density at radius 1 is 0.964 bits per heavy atom. The van der Waals surface area contributed by atoms with Crippen LogP contribution in [-0.4, -0.2) is 15.2 Å². The van der Waals surface area contributed by atoms with Gasteiger partial charge in [0.1, 0.15) is 0 Å². The molecular formula is C21H18ClN3O2S. The van der Waals surface area contributed by atoms with Gasteiger partial charge in [0.15, 0.2) is 5.76 Å². The summed E-state index contributed by atoms with van der Waals surface area (Å²) < 4.78 is 11.6. The average molecular weight is 412 g/mol. The maximum Gasteiger partial charge on any atom is 0.277 e. The Bertz CT molecular complexity index is 1030. The van der Waals surface area contributed by atoms with Crippen molar-refractivity contribution >= 4 is 23.4 Å². The minimum absolute atomic E-state index is 0.313. The SMILES string of the molecule is CC(Cc1nnc(SCc2ncc(-c3ccc(Cl)cc3)o2)o1)c1ccccc1. The molecule has 2 heterocycles. The molecule has 1 atom stereocenters. The molecule has 0 radical (unpaired) electrons. The molecule has 0 saturated carbocycles. The van der Waals surface area contributed by atoms with Crippen LogP contribution in [0.5, 0.6) is 0 Å². The van der Waals surface area contributed by atoms with E-state index >= 15 is 0 Å². The lowest BCUT2D eigenvalue weighted by Crippen LogP contribution is -1.98. The summed E-state index contributed by atoms with van der Waals surface area (Å²) in [5.74, 6) is 2.77. The highest BCUT2D eigenvalue weighted by Gasteiger charge is 2.14. The Morgan fingerprint density at radius 3 is 2.54 bits per heavy atom. The molecule has 28 heavy (non-hydrogen) atoms. The summed E-state index contributed by atoms with van der Waals surface area (Å²) in [4.78, 5) is 4.31. The van der Waals surface area contributed by atoms with Gasteiger partial charge in [0.2, 0.25) is 11.8 Å². The predicted octanol–water partition coefficient (Wildman–Crippen LogP) is 6.02. The second-order valence-corrected chi connectivity index (χ2v) is 7.75. The number of oxazole rings is 1. The van der Waals surface area contributed by atoms with E-state index in [0.717, 1.165) is 5.56 Å². The van der Waals surface area contributed by atoms with E-state index in [2.05, 4.69) is 34.2 Å². The molecule has 0 spiro atoms. The van der Waals surface area contributed by atoms with Crippen molar-refractivity contribution in [3.8, 4) is 11.3 Å². The van der Waals surface area contributed by atoms with E-state index in [1.54, 1.807) is 6.20 Å². The summed E-state index contributed by atoms with van der Waals surface area (Å²) in [6.45, 7) is 2.15. The topological polar surface area (TPSA) is 65.0 Å². The highest BCUT2D eigenvalue weighted by molar-refractivity contribution is 7.98. The van der Waals surface area contributed by atoms with E-state index in [0.29, 0.717) is 45.9 Å². The van der Waals surface area contributed by atoms with Gasteiger partial charge >= 0.3 is 0 Å². The molecule has 0 saturated heterocycles. The number of halogens is 1. The molecular weight excluding hydrogens is 394 g/mol. The molecule has 2 aromatic carbocycles. The highest BCUT2D eigenvalue weighted by Crippen LogP contribution is 2.27. The van der Waals surface area contributed by atoms with Crippen LogP contribution in [0.1, 0.15) is 30.2 Å². The zero-order chi connectivity index (χ0) is 19.3. The smallest absolute Gasteiger partial charge is 0.277 e. The van der Waals surface area contributed by atoms with Crippen LogP contribution >= 0.6 is 23.4 Å². The van der Waals surface area contributed by atoms with Crippen LogP contribution in [0.15, 0.2) is 74.9 Å². The molecule has 0 amide bonds. The van der Waals surface area contributed by atoms with E-state index in [1.165, 1.54) is 17.3 Å². The molecule has 0 aliphatic heterocycles. The van der Waals surface area contributed by atoms with Crippen molar-refractivity contribution < 1.29 is 8.83 Å². The van der Waals surface area contributed by atoms with Crippen molar-refractivity contribution in [2.45, 2.75) is 30.2 Å². The Kier molecular flexibility index (Phi) is 5.78. The lowest BCUT2D eigenvalue weighted by Gasteiger charge is -2.08. The fourth-order valence-electron chi connectivity index (χ4n) is 2.79. The molecule has 0 fully saturated rings. The third kappa shape index (κ3) is 4.64. The van der Waals surface area contributed by atoms with Gasteiger partial charge in [-0.05, 0) is 35.7 Å². The molecule has 2 aromatic heterocycles. The Hall–Kier alpha value is -2.57. The fraction of sp³-hybridized carbons (Fsp3) is 0.190.